The third-order valence-corrected chi connectivity index (χ3v) is 8.15. The first-order valence-corrected chi connectivity index (χ1v) is 14.1. The normalized spacial score (nSPS) is 16.9. The number of benzene rings is 1. The van der Waals surface area contributed by atoms with Gasteiger partial charge in [-0.2, -0.15) is 8.42 Å². The van der Waals surface area contributed by atoms with Gasteiger partial charge in [0.2, 0.25) is 0 Å². The van der Waals surface area contributed by atoms with E-state index in [1.807, 2.05) is 32.6 Å². The molecule has 3 N–H and O–H groups in total. The predicted molar refractivity (Wildman–Crippen MR) is 146 cm³/mol. The Hall–Kier alpha value is -3.80. The molecule has 208 valence electrons. The van der Waals surface area contributed by atoms with Crippen LogP contribution >= 0.6 is 0 Å². The molecular formula is C27H33FN6O4S. The molecule has 0 radical (unpaired) electrons. The molecule has 0 aliphatic carbocycles. The molecule has 0 bridgehead atoms. The van der Waals surface area contributed by atoms with Gasteiger partial charge in [0.05, 0.1) is 6.61 Å². The summed E-state index contributed by atoms with van der Waals surface area (Å²) in [5.74, 6) is -0.180. The molecule has 3 aromatic rings. The zero-order valence-corrected chi connectivity index (χ0v) is 23.4. The van der Waals surface area contributed by atoms with Crippen molar-refractivity contribution in [3.63, 3.8) is 0 Å². The summed E-state index contributed by atoms with van der Waals surface area (Å²) < 4.78 is 48.0. The molecule has 10 nitrogen and oxygen atoms in total. The lowest BCUT2D eigenvalue weighted by Crippen LogP contribution is -2.44. The monoisotopic (exact) mass is 556 g/mol. The van der Waals surface area contributed by atoms with Crippen molar-refractivity contribution in [2.24, 2.45) is 11.8 Å². The van der Waals surface area contributed by atoms with Crippen molar-refractivity contribution in [3.8, 4) is 17.1 Å². The van der Waals surface area contributed by atoms with E-state index < -0.39 is 32.3 Å². The number of halogens is 1. The van der Waals surface area contributed by atoms with E-state index >= 15 is 0 Å². The van der Waals surface area contributed by atoms with Crippen molar-refractivity contribution in [1.82, 2.24) is 19.7 Å². The van der Waals surface area contributed by atoms with Gasteiger partial charge in [-0.15, -0.1) is 0 Å². The molecular weight excluding hydrogens is 523 g/mol. The topological polar surface area (TPSA) is 140 Å². The first kappa shape index (κ1) is 28.2. The molecule has 39 heavy (non-hydrogen) atoms. The van der Waals surface area contributed by atoms with Crippen molar-refractivity contribution in [3.05, 3.63) is 54.0 Å². The quantitative estimate of drug-likeness (QED) is 0.421. The zero-order valence-electron chi connectivity index (χ0n) is 22.6. The first-order valence-electron chi connectivity index (χ1n) is 12.7. The van der Waals surface area contributed by atoms with Crippen LogP contribution in [0, 0.1) is 17.7 Å². The van der Waals surface area contributed by atoms with E-state index in [2.05, 4.69) is 26.6 Å². The lowest BCUT2D eigenvalue weighted by Gasteiger charge is -2.36. The van der Waals surface area contributed by atoms with Gasteiger partial charge in [-0.1, -0.05) is 26.8 Å². The van der Waals surface area contributed by atoms with Crippen LogP contribution in [0.4, 0.5) is 16.0 Å². The fourth-order valence-corrected chi connectivity index (χ4v) is 5.28. The Morgan fingerprint density at radius 3 is 2.64 bits per heavy atom. The van der Waals surface area contributed by atoms with Crippen molar-refractivity contribution in [2.45, 2.75) is 51.6 Å². The number of nitrogens with one attached hydrogen (secondary N) is 1. The predicted octanol–water partition coefficient (Wildman–Crippen LogP) is 4.04. The van der Waals surface area contributed by atoms with Crippen molar-refractivity contribution >= 4 is 27.6 Å². The second-order valence-electron chi connectivity index (χ2n) is 10.6. The fraction of sp³-hybridized carbons (Fsp3) is 0.407. The summed E-state index contributed by atoms with van der Waals surface area (Å²) in [5.41, 5.74) is 5.55. The highest BCUT2D eigenvalue weighted by Gasteiger charge is 2.41. The molecule has 0 saturated carbocycles. The highest BCUT2D eigenvalue weighted by Crippen LogP contribution is 2.39. The second kappa shape index (κ2) is 10.8. The number of hydrogen-bond donors (Lipinski definition) is 2. The highest BCUT2D eigenvalue weighted by molar-refractivity contribution is 7.90. The molecule has 1 amide bonds. The number of sulfonamides is 1. The summed E-state index contributed by atoms with van der Waals surface area (Å²) in [6.45, 7) is 11.1. The maximum Gasteiger partial charge on any atom is 0.281 e. The van der Waals surface area contributed by atoms with Gasteiger partial charge < -0.3 is 15.4 Å². The molecule has 1 aliphatic heterocycles. The number of anilines is 2. The summed E-state index contributed by atoms with van der Waals surface area (Å²) >= 11 is 0. The molecule has 3 heterocycles. The fourth-order valence-electron chi connectivity index (χ4n) is 4.33. The maximum atomic E-state index is 14.5. The summed E-state index contributed by atoms with van der Waals surface area (Å²) in [4.78, 5) is 28.1. The smallest absolute Gasteiger partial charge is 0.281 e. The van der Waals surface area contributed by atoms with Gasteiger partial charge in [-0.05, 0) is 56.4 Å². The van der Waals surface area contributed by atoms with Crippen molar-refractivity contribution in [2.75, 3.05) is 23.8 Å². The molecule has 1 saturated heterocycles. The van der Waals surface area contributed by atoms with Crippen LogP contribution in [0.25, 0.3) is 11.4 Å². The van der Waals surface area contributed by atoms with E-state index in [-0.39, 0.29) is 34.9 Å². The van der Waals surface area contributed by atoms with Gasteiger partial charge in [0, 0.05) is 29.9 Å². The zero-order chi connectivity index (χ0) is 28.5. The number of aromatic nitrogens is 3. The number of nitrogens with zero attached hydrogens (tertiary/aromatic N) is 4. The Morgan fingerprint density at radius 1 is 1.26 bits per heavy atom. The van der Waals surface area contributed by atoms with Gasteiger partial charge in [0.1, 0.15) is 28.8 Å². The minimum Gasteiger partial charge on any atom is -0.493 e. The molecule has 1 aromatic carbocycles. The van der Waals surface area contributed by atoms with Crippen LogP contribution in [0.2, 0.25) is 0 Å². The lowest BCUT2D eigenvalue weighted by atomic mass is 9.90. The number of nitrogen functional groups attached to an aromatic ring is 1. The number of ether oxygens (including phenoxy) is 1. The molecule has 1 aliphatic rings. The third kappa shape index (κ3) is 6.11. The van der Waals surface area contributed by atoms with E-state index in [0.717, 1.165) is 6.42 Å². The number of carbonyl (C=O) groups is 1. The third-order valence-electron chi connectivity index (χ3n) is 6.92. The average molecular weight is 557 g/mol. The number of nitrogens with two attached hydrogens (primary N) is 1. The van der Waals surface area contributed by atoms with E-state index in [9.17, 15) is 17.6 Å². The molecule has 2 aromatic heterocycles. The van der Waals surface area contributed by atoms with Crippen LogP contribution in [0.3, 0.4) is 0 Å². The molecule has 12 heteroatoms. The molecule has 1 fully saturated rings. The summed E-state index contributed by atoms with van der Waals surface area (Å²) in [5, 5.41) is -0.390. The molecule has 1 unspecified atom stereocenters. The van der Waals surface area contributed by atoms with Gasteiger partial charge in [0.15, 0.2) is 10.9 Å². The number of amides is 1. The Bertz CT molecular complexity index is 1500. The van der Waals surface area contributed by atoms with Crippen LogP contribution in [-0.4, -0.2) is 48.0 Å². The van der Waals surface area contributed by atoms with Crippen LogP contribution in [0.1, 0.15) is 51.4 Å². The number of carbonyl (C=O) groups excluding carboxylic acids is 1. The van der Waals surface area contributed by atoms with Gasteiger partial charge in [-0.3, -0.25) is 4.79 Å². The first-order chi connectivity index (χ1) is 18.3. The van der Waals surface area contributed by atoms with Crippen LogP contribution in [0.15, 0.2) is 47.6 Å². The lowest BCUT2D eigenvalue weighted by molar-refractivity contribution is 0.0981. The van der Waals surface area contributed by atoms with E-state index in [1.165, 1.54) is 36.5 Å². The SMILES string of the molecule is CC(C)COc1cc(F)cc(-c2ncc(C(=O)NS(=O)(=O)c3cccc(N)n3)c(N3CCC(C)C3(C)C)n2)c1. The standard InChI is InChI=1S/C27H33FN6O4S/c1-16(2)15-38-20-12-18(11-19(28)13-20)24-30-14-21(25(32-24)34-10-9-17(3)27(34,4)5)26(35)33-39(36,37)23-8-6-7-22(29)31-23/h6-8,11-14,16-17H,9-10,15H2,1-5H3,(H2,29,31)(H,33,35). The van der Waals surface area contributed by atoms with E-state index in [4.69, 9.17) is 10.5 Å². The summed E-state index contributed by atoms with van der Waals surface area (Å²) in [6.07, 6.45) is 2.10. The van der Waals surface area contributed by atoms with Crippen LogP contribution in [0.5, 0.6) is 5.75 Å². The van der Waals surface area contributed by atoms with Gasteiger partial charge in [-0.25, -0.2) is 24.1 Å². The van der Waals surface area contributed by atoms with Gasteiger partial charge >= 0.3 is 0 Å². The molecule has 4 rings (SSSR count). The van der Waals surface area contributed by atoms with Crippen LogP contribution < -0.4 is 20.1 Å². The average Bonchev–Trinajstić information content (AvgIpc) is 3.13. The van der Waals surface area contributed by atoms with Crippen molar-refractivity contribution < 1.29 is 22.3 Å². The van der Waals surface area contributed by atoms with Crippen molar-refractivity contribution in [1.29, 1.82) is 0 Å². The van der Waals surface area contributed by atoms with E-state index in [0.29, 0.717) is 24.5 Å². The second-order valence-corrected chi connectivity index (χ2v) is 12.3. The van der Waals surface area contributed by atoms with Crippen LogP contribution in [-0.2, 0) is 10.0 Å². The minimum absolute atomic E-state index is 0.00154. The molecule has 1 atom stereocenters. The number of hydrogen-bond acceptors (Lipinski definition) is 9. The maximum absolute atomic E-state index is 14.5. The largest absolute Gasteiger partial charge is 0.493 e. The summed E-state index contributed by atoms with van der Waals surface area (Å²) in [7, 11) is -4.33. The highest BCUT2D eigenvalue weighted by atomic mass is 32.2. The Morgan fingerprint density at radius 2 is 2.00 bits per heavy atom. The van der Waals surface area contributed by atoms with E-state index in [1.54, 1.807) is 6.07 Å². The number of pyridine rings is 1. The Kier molecular flexibility index (Phi) is 7.78. The Labute approximate surface area is 227 Å². The summed E-state index contributed by atoms with van der Waals surface area (Å²) in [6, 6.07) is 8.31. The minimum atomic E-state index is -4.33. The molecule has 0 spiro atoms. The Balaban J connectivity index is 1.77. The number of rotatable bonds is 8. The van der Waals surface area contributed by atoms with Gasteiger partial charge in [0.25, 0.3) is 15.9 Å².